The first kappa shape index (κ1) is 14.5. The lowest BCUT2D eigenvalue weighted by Crippen LogP contribution is -1.91. The highest BCUT2D eigenvalue weighted by Crippen LogP contribution is 2.25. The molecule has 0 aliphatic carbocycles. The fourth-order valence-corrected chi connectivity index (χ4v) is 1.91. The van der Waals surface area contributed by atoms with Crippen LogP contribution >= 0.6 is 0 Å². The standard InChI is InChI=1S/C17H13N5O/c1-12-2-4-14(5-3-12)16-21-15(10-18)17(23-16)22-20-11-13-6-8-19-9-7-13/h2-9,11,22H,1H3. The summed E-state index contributed by atoms with van der Waals surface area (Å²) < 4.78 is 5.60. The highest BCUT2D eigenvalue weighted by Gasteiger charge is 2.13. The van der Waals surface area contributed by atoms with Gasteiger partial charge in [-0.3, -0.25) is 4.98 Å². The Morgan fingerprint density at radius 2 is 1.91 bits per heavy atom. The van der Waals surface area contributed by atoms with Gasteiger partial charge >= 0.3 is 0 Å². The van der Waals surface area contributed by atoms with Crippen molar-refractivity contribution in [2.75, 3.05) is 5.43 Å². The molecule has 6 nitrogen and oxygen atoms in total. The summed E-state index contributed by atoms with van der Waals surface area (Å²) >= 11 is 0. The zero-order valence-electron chi connectivity index (χ0n) is 12.4. The van der Waals surface area contributed by atoms with E-state index in [2.05, 4.69) is 20.5 Å². The van der Waals surface area contributed by atoms with Crippen molar-refractivity contribution in [2.45, 2.75) is 6.92 Å². The van der Waals surface area contributed by atoms with Crippen molar-refractivity contribution >= 4 is 12.1 Å². The molecule has 0 fully saturated rings. The van der Waals surface area contributed by atoms with Crippen LogP contribution in [0.3, 0.4) is 0 Å². The number of benzene rings is 1. The van der Waals surface area contributed by atoms with Crippen molar-refractivity contribution in [3.8, 4) is 17.5 Å². The van der Waals surface area contributed by atoms with E-state index in [0.29, 0.717) is 5.89 Å². The van der Waals surface area contributed by atoms with E-state index < -0.39 is 0 Å². The van der Waals surface area contributed by atoms with Gasteiger partial charge in [0.15, 0.2) is 0 Å². The van der Waals surface area contributed by atoms with E-state index >= 15 is 0 Å². The normalized spacial score (nSPS) is 10.6. The van der Waals surface area contributed by atoms with Crippen molar-refractivity contribution in [2.24, 2.45) is 5.10 Å². The average Bonchev–Trinajstić information content (AvgIpc) is 3.00. The zero-order chi connectivity index (χ0) is 16.1. The molecule has 0 bridgehead atoms. The fourth-order valence-electron chi connectivity index (χ4n) is 1.91. The van der Waals surface area contributed by atoms with Crippen molar-refractivity contribution < 1.29 is 4.42 Å². The van der Waals surface area contributed by atoms with Crippen LogP contribution in [0.5, 0.6) is 0 Å². The Morgan fingerprint density at radius 1 is 1.17 bits per heavy atom. The summed E-state index contributed by atoms with van der Waals surface area (Å²) in [6.45, 7) is 2.00. The van der Waals surface area contributed by atoms with Gasteiger partial charge in [0.2, 0.25) is 11.6 Å². The SMILES string of the molecule is Cc1ccc(-c2nc(C#N)c(NN=Cc3ccncc3)o2)cc1. The molecule has 0 aliphatic heterocycles. The molecule has 6 heteroatoms. The van der Waals surface area contributed by atoms with Gasteiger partial charge in [-0.05, 0) is 36.8 Å². The number of oxazole rings is 1. The van der Waals surface area contributed by atoms with E-state index in [4.69, 9.17) is 9.68 Å². The van der Waals surface area contributed by atoms with E-state index in [-0.39, 0.29) is 11.6 Å². The largest absolute Gasteiger partial charge is 0.417 e. The highest BCUT2D eigenvalue weighted by molar-refractivity contribution is 5.79. The molecule has 2 heterocycles. The Hall–Kier alpha value is -3.46. The lowest BCUT2D eigenvalue weighted by Gasteiger charge is -1.96. The number of rotatable bonds is 4. The van der Waals surface area contributed by atoms with Crippen LogP contribution in [-0.2, 0) is 0 Å². The monoisotopic (exact) mass is 303 g/mol. The van der Waals surface area contributed by atoms with E-state index in [1.165, 1.54) is 0 Å². The summed E-state index contributed by atoms with van der Waals surface area (Å²) in [7, 11) is 0. The molecule has 0 saturated heterocycles. The second-order valence-corrected chi connectivity index (χ2v) is 4.83. The van der Waals surface area contributed by atoms with Gasteiger partial charge in [0.05, 0.1) is 6.21 Å². The molecule has 0 amide bonds. The van der Waals surface area contributed by atoms with Crippen molar-refractivity contribution in [1.29, 1.82) is 5.26 Å². The Bertz CT molecular complexity index is 860. The van der Waals surface area contributed by atoms with Crippen LogP contribution in [0.15, 0.2) is 58.3 Å². The van der Waals surface area contributed by atoms with Crippen molar-refractivity contribution in [3.63, 3.8) is 0 Å². The van der Waals surface area contributed by atoms with E-state index in [9.17, 15) is 0 Å². The van der Waals surface area contributed by atoms with Crippen LogP contribution in [0.2, 0.25) is 0 Å². The van der Waals surface area contributed by atoms with Crippen molar-refractivity contribution in [1.82, 2.24) is 9.97 Å². The first-order chi connectivity index (χ1) is 11.3. The number of anilines is 1. The van der Waals surface area contributed by atoms with Gasteiger partial charge < -0.3 is 4.42 Å². The van der Waals surface area contributed by atoms with Crippen LogP contribution in [0.25, 0.3) is 11.5 Å². The lowest BCUT2D eigenvalue weighted by molar-refractivity contribution is 0.587. The number of aromatic nitrogens is 2. The Morgan fingerprint density at radius 3 is 2.61 bits per heavy atom. The number of aryl methyl sites for hydroxylation is 1. The molecule has 23 heavy (non-hydrogen) atoms. The number of pyridine rings is 1. The quantitative estimate of drug-likeness (QED) is 0.590. The van der Waals surface area contributed by atoms with Crippen molar-refractivity contribution in [3.05, 3.63) is 65.6 Å². The number of nitriles is 1. The predicted octanol–water partition coefficient (Wildman–Crippen LogP) is 3.36. The summed E-state index contributed by atoms with van der Waals surface area (Å²) in [5, 5.41) is 13.2. The second kappa shape index (κ2) is 6.54. The molecular formula is C17H13N5O. The maximum atomic E-state index is 9.17. The number of hydrogen-bond donors (Lipinski definition) is 1. The highest BCUT2D eigenvalue weighted by atomic mass is 16.4. The summed E-state index contributed by atoms with van der Waals surface area (Å²) in [6.07, 6.45) is 4.95. The van der Waals surface area contributed by atoms with Crippen LogP contribution in [0.4, 0.5) is 5.88 Å². The third-order valence-corrected chi connectivity index (χ3v) is 3.12. The molecule has 0 aliphatic rings. The van der Waals surface area contributed by atoms with E-state index in [1.807, 2.05) is 49.4 Å². The Balaban J connectivity index is 1.81. The minimum atomic E-state index is 0.160. The number of nitrogens with zero attached hydrogens (tertiary/aromatic N) is 4. The molecule has 0 radical (unpaired) electrons. The first-order valence-electron chi connectivity index (χ1n) is 6.93. The van der Waals surface area contributed by atoms with E-state index in [0.717, 1.165) is 16.7 Å². The van der Waals surface area contributed by atoms with Crippen LogP contribution in [0.1, 0.15) is 16.8 Å². The smallest absolute Gasteiger partial charge is 0.252 e. The van der Waals surface area contributed by atoms with Gasteiger partial charge in [-0.15, -0.1) is 0 Å². The second-order valence-electron chi connectivity index (χ2n) is 4.83. The van der Waals surface area contributed by atoms with Crippen LogP contribution in [-0.4, -0.2) is 16.2 Å². The first-order valence-corrected chi connectivity index (χ1v) is 6.93. The third-order valence-electron chi connectivity index (χ3n) is 3.12. The Kier molecular flexibility index (Phi) is 4.11. The lowest BCUT2D eigenvalue weighted by atomic mass is 10.1. The van der Waals surface area contributed by atoms with Gasteiger partial charge in [-0.25, -0.2) is 5.43 Å². The molecular weight excluding hydrogens is 290 g/mol. The van der Waals surface area contributed by atoms with Crippen LogP contribution < -0.4 is 5.43 Å². The van der Waals surface area contributed by atoms with Gasteiger partial charge in [0, 0.05) is 18.0 Å². The minimum Gasteiger partial charge on any atom is -0.417 e. The minimum absolute atomic E-state index is 0.160. The molecule has 0 atom stereocenters. The zero-order valence-corrected chi connectivity index (χ0v) is 12.4. The maximum absolute atomic E-state index is 9.17. The van der Waals surface area contributed by atoms with Gasteiger partial charge in [-0.2, -0.15) is 15.3 Å². The summed E-state index contributed by atoms with van der Waals surface area (Å²) in [6, 6.07) is 13.3. The molecule has 0 unspecified atom stereocenters. The molecule has 0 saturated carbocycles. The Labute approximate surface area is 133 Å². The topological polar surface area (TPSA) is 87.1 Å². The van der Waals surface area contributed by atoms with E-state index in [1.54, 1.807) is 18.6 Å². The molecule has 1 aromatic carbocycles. The molecule has 3 aromatic rings. The predicted molar refractivity (Wildman–Crippen MR) is 86.8 cm³/mol. The summed E-state index contributed by atoms with van der Waals surface area (Å²) in [5.74, 6) is 0.594. The van der Waals surface area contributed by atoms with Gasteiger partial charge in [0.25, 0.3) is 5.88 Å². The summed E-state index contributed by atoms with van der Waals surface area (Å²) in [4.78, 5) is 8.11. The molecule has 2 aromatic heterocycles. The average molecular weight is 303 g/mol. The number of hydrazone groups is 1. The maximum Gasteiger partial charge on any atom is 0.252 e. The van der Waals surface area contributed by atoms with Crippen LogP contribution in [0, 0.1) is 18.3 Å². The van der Waals surface area contributed by atoms with Gasteiger partial charge in [0.1, 0.15) is 6.07 Å². The molecule has 3 rings (SSSR count). The molecule has 112 valence electrons. The fraction of sp³-hybridized carbons (Fsp3) is 0.0588. The van der Waals surface area contributed by atoms with Gasteiger partial charge in [-0.1, -0.05) is 17.7 Å². The number of nitrogens with one attached hydrogen (secondary N) is 1. The molecule has 1 N–H and O–H groups in total. The molecule has 0 spiro atoms. The number of hydrogen-bond acceptors (Lipinski definition) is 6. The summed E-state index contributed by atoms with van der Waals surface area (Å²) in [5.41, 5.74) is 5.69. The third kappa shape index (κ3) is 3.41.